The van der Waals surface area contributed by atoms with Gasteiger partial charge in [-0.05, 0) is 53.8 Å². The van der Waals surface area contributed by atoms with E-state index >= 15 is 0 Å². The molecule has 0 saturated heterocycles. The fourth-order valence-corrected chi connectivity index (χ4v) is 4.76. The number of hydrogen-bond donors (Lipinski definition) is 0. The summed E-state index contributed by atoms with van der Waals surface area (Å²) in [5.41, 5.74) is 8.23. The van der Waals surface area contributed by atoms with E-state index in [0.29, 0.717) is 17.1 Å². The van der Waals surface area contributed by atoms with Crippen LogP contribution in [0.5, 0.6) is 11.6 Å². The molecule has 1 aromatic heterocycles. The van der Waals surface area contributed by atoms with Crippen molar-refractivity contribution >= 4 is 27.5 Å². The lowest BCUT2D eigenvalue weighted by Gasteiger charge is -2.24. The Hall–Kier alpha value is -3.45. The number of aryl methyl sites for hydroxylation is 2. The highest BCUT2D eigenvalue weighted by atomic mass is 16.5. The van der Waals surface area contributed by atoms with E-state index in [0.717, 1.165) is 28.8 Å². The quantitative estimate of drug-likeness (QED) is 0.227. The average molecular weight is 409 g/mol. The second-order valence-electron chi connectivity index (χ2n) is 9.81. The molecule has 0 fully saturated rings. The molecule has 5 rings (SSSR count). The summed E-state index contributed by atoms with van der Waals surface area (Å²) in [5.74, 6) is 1.43. The van der Waals surface area contributed by atoms with Crippen LogP contribution in [0.3, 0.4) is 0 Å². The highest BCUT2D eigenvalue weighted by Gasteiger charge is 2.33. The van der Waals surface area contributed by atoms with Gasteiger partial charge in [-0.1, -0.05) is 45.0 Å². The smallest absolute Gasteiger partial charge is 0.293 e. The maximum atomic E-state index is 7.55. The number of nitrogens with zero attached hydrogens (tertiary/aromatic N) is 3. The van der Waals surface area contributed by atoms with Gasteiger partial charge in [0.05, 0.1) is 12.1 Å². The normalized spacial score (nSPS) is 12.5. The van der Waals surface area contributed by atoms with Crippen molar-refractivity contribution in [2.24, 2.45) is 12.5 Å². The van der Waals surface area contributed by atoms with Crippen LogP contribution in [-0.2, 0) is 13.5 Å². The van der Waals surface area contributed by atoms with Crippen LogP contribution in [0.15, 0.2) is 36.4 Å². The lowest BCUT2D eigenvalue weighted by molar-refractivity contribution is -0.634. The Bertz CT molecular complexity index is 1450. The van der Waals surface area contributed by atoms with E-state index < -0.39 is 0 Å². The van der Waals surface area contributed by atoms with Gasteiger partial charge in [-0.15, -0.1) is 0 Å². The lowest BCUT2D eigenvalue weighted by Crippen LogP contribution is -2.34. The topological polar surface area (TPSA) is 30.4 Å². The van der Waals surface area contributed by atoms with Crippen LogP contribution in [0.25, 0.3) is 37.9 Å². The second-order valence-corrected chi connectivity index (χ2v) is 9.81. The van der Waals surface area contributed by atoms with Crippen LogP contribution in [0.4, 0.5) is 5.69 Å². The molecule has 1 aliphatic heterocycles. The van der Waals surface area contributed by atoms with Gasteiger partial charge in [0.1, 0.15) is 18.3 Å². The minimum Gasteiger partial charge on any atom is -0.433 e. The molecule has 2 heterocycles. The minimum atomic E-state index is 0.182. The molecule has 1 aliphatic rings. The number of aromatic nitrogens is 2. The Kier molecular flexibility index (Phi) is 4.10. The van der Waals surface area contributed by atoms with Crippen LogP contribution in [0.1, 0.15) is 37.5 Å². The number of fused-ring (bicyclic) bond motifs is 3. The van der Waals surface area contributed by atoms with Crippen molar-refractivity contribution in [2.45, 2.75) is 41.0 Å². The maximum absolute atomic E-state index is 7.55. The predicted octanol–water partition coefficient (Wildman–Crippen LogP) is 6.74. The van der Waals surface area contributed by atoms with Gasteiger partial charge >= 0.3 is 0 Å². The molecule has 0 aliphatic carbocycles. The van der Waals surface area contributed by atoms with Gasteiger partial charge in [0.2, 0.25) is 11.2 Å². The van der Waals surface area contributed by atoms with Crippen LogP contribution in [-0.4, -0.2) is 4.98 Å². The van der Waals surface area contributed by atoms with Gasteiger partial charge in [-0.25, -0.2) is 9.83 Å². The van der Waals surface area contributed by atoms with Crippen LogP contribution < -0.4 is 9.30 Å². The molecule has 0 bridgehead atoms. The molecular formula is C27H26N3O+. The third-order valence-electron chi connectivity index (χ3n) is 6.19. The first-order valence-electron chi connectivity index (χ1n) is 10.6. The summed E-state index contributed by atoms with van der Waals surface area (Å²) in [6, 6.07) is 12.5. The van der Waals surface area contributed by atoms with E-state index in [-0.39, 0.29) is 5.41 Å². The third kappa shape index (κ3) is 2.96. The predicted molar refractivity (Wildman–Crippen MR) is 125 cm³/mol. The van der Waals surface area contributed by atoms with Crippen molar-refractivity contribution in [3.05, 3.63) is 64.5 Å². The van der Waals surface area contributed by atoms with E-state index in [1.807, 2.05) is 25.2 Å². The van der Waals surface area contributed by atoms with Crippen molar-refractivity contribution in [1.29, 1.82) is 0 Å². The number of benzene rings is 3. The molecule has 4 nitrogen and oxygen atoms in total. The zero-order valence-electron chi connectivity index (χ0n) is 18.9. The number of ether oxygens (including phenoxy) is 1. The highest BCUT2D eigenvalue weighted by molar-refractivity contribution is 6.05. The van der Waals surface area contributed by atoms with E-state index in [4.69, 9.17) is 16.3 Å². The highest BCUT2D eigenvalue weighted by Crippen LogP contribution is 2.48. The Labute approximate surface area is 182 Å². The van der Waals surface area contributed by atoms with Crippen LogP contribution in [0, 0.1) is 25.8 Å². The Morgan fingerprint density at radius 2 is 1.90 bits per heavy atom. The summed E-state index contributed by atoms with van der Waals surface area (Å²) in [5, 5.41) is 2.35. The molecule has 0 saturated carbocycles. The largest absolute Gasteiger partial charge is 0.433 e. The van der Waals surface area contributed by atoms with E-state index in [1.165, 1.54) is 27.6 Å². The van der Waals surface area contributed by atoms with Gasteiger partial charge in [-0.2, -0.15) is 4.57 Å². The zero-order valence-corrected chi connectivity index (χ0v) is 18.9. The molecule has 0 radical (unpaired) electrons. The van der Waals surface area contributed by atoms with Gasteiger partial charge in [-0.3, -0.25) is 0 Å². The van der Waals surface area contributed by atoms with Crippen molar-refractivity contribution < 1.29 is 9.30 Å². The second kappa shape index (κ2) is 6.52. The minimum absolute atomic E-state index is 0.182. The Morgan fingerprint density at radius 3 is 2.61 bits per heavy atom. The van der Waals surface area contributed by atoms with E-state index in [2.05, 4.69) is 62.2 Å². The fourth-order valence-electron chi connectivity index (χ4n) is 4.76. The van der Waals surface area contributed by atoms with Crippen LogP contribution >= 0.6 is 0 Å². The van der Waals surface area contributed by atoms with Crippen molar-refractivity contribution in [3.8, 4) is 22.9 Å². The molecule has 0 unspecified atom stereocenters. The first kappa shape index (κ1) is 19.5. The standard InChI is InChI=1S/C27H26N3O/c1-15-11-18-12-17(14-27(3,4)5)13-21-23(18)22(16(15)2)25-26(31-21)29-24-19(28-6)9-8-10-20(24)30(25)7/h8-13H,14H2,1-5,7H3/q+1. The molecule has 0 spiro atoms. The van der Waals surface area contributed by atoms with E-state index in [1.54, 1.807) is 0 Å². The third-order valence-corrected chi connectivity index (χ3v) is 6.19. The maximum Gasteiger partial charge on any atom is 0.293 e. The summed E-state index contributed by atoms with van der Waals surface area (Å²) in [6.07, 6.45) is 0.967. The summed E-state index contributed by atoms with van der Waals surface area (Å²) < 4.78 is 8.58. The van der Waals surface area contributed by atoms with Crippen molar-refractivity contribution in [2.75, 3.05) is 0 Å². The van der Waals surface area contributed by atoms with E-state index in [9.17, 15) is 0 Å². The number of hydrogen-bond acceptors (Lipinski definition) is 2. The monoisotopic (exact) mass is 408 g/mol. The summed E-state index contributed by atoms with van der Waals surface area (Å²) in [7, 11) is 2.03. The van der Waals surface area contributed by atoms with Crippen LogP contribution in [0.2, 0.25) is 0 Å². The first-order chi connectivity index (χ1) is 14.7. The Balaban J connectivity index is 1.90. The fraction of sp³-hybridized carbons (Fsp3) is 0.296. The summed E-state index contributed by atoms with van der Waals surface area (Å²) in [6.45, 7) is 18.7. The molecule has 3 aromatic carbocycles. The molecule has 31 heavy (non-hydrogen) atoms. The van der Waals surface area contributed by atoms with Gasteiger partial charge in [0, 0.05) is 11.5 Å². The van der Waals surface area contributed by atoms with Crippen molar-refractivity contribution in [3.63, 3.8) is 0 Å². The van der Waals surface area contributed by atoms with Gasteiger partial charge < -0.3 is 4.74 Å². The number of para-hydroxylation sites is 1. The van der Waals surface area contributed by atoms with Gasteiger partial charge in [0.25, 0.3) is 11.6 Å². The molecule has 4 heteroatoms. The lowest BCUT2D eigenvalue weighted by atomic mass is 9.85. The summed E-state index contributed by atoms with van der Waals surface area (Å²) in [4.78, 5) is 8.53. The molecule has 0 amide bonds. The molecular weight excluding hydrogens is 382 g/mol. The summed E-state index contributed by atoms with van der Waals surface area (Å²) >= 11 is 0. The first-order valence-corrected chi connectivity index (χ1v) is 10.6. The molecule has 0 atom stereocenters. The van der Waals surface area contributed by atoms with Gasteiger partial charge in [0.15, 0.2) is 0 Å². The van der Waals surface area contributed by atoms with Crippen molar-refractivity contribution in [1.82, 2.24) is 4.98 Å². The molecule has 0 N–H and O–H groups in total. The SMILES string of the molecule is [C-]#[N+]c1cccc2c1nc1c([n+]2C)-c2c(C)c(C)cc3cc(CC(C)(C)C)cc(c23)O1. The number of rotatable bonds is 1. The molecule has 154 valence electrons. The average Bonchev–Trinajstić information content (AvgIpc) is 2.69. The zero-order chi connectivity index (χ0) is 22.1. The molecule has 4 aromatic rings. The Morgan fingerprint density at radius 1 is 1.13 bits per heavy atom.